The Kier molecular flexibility index (Phi) is 4.78. The third-order valence-electron chi connectivity index (χ3n) is 5.51. The average Bonchev–Trinajstić information content (AvgIpc) is 3.28. The summed E-state index contributed by atoms with van der Waals surface area (Å²) in [6.07, 6.45) is 10.5. The number of carbonyl (C=O) groups is 1. The second-order valence-corrected chi connectivity index (χ2v) is 7.29. The summed E-state index contributed by atoms with van der Waals surface area (Å²) < 4.78 is 2.08. The Morgan fingerprint density at radius 1 is 1.35 bits per heavy atom. The number of aromatic nitrogens is 3. The van der Waals surface area contributed by atoms with Gasteiger partial charge in [-0.25, -0.2) is 4.98 Å². The molecule has 0 bridgehead atoms. The van der Waals surface area contributed by atoms with Crippen LogP contribution in [0.1, 0.15) is 43.0 Å². The normalized spacial score (nSPS) is 17.7. The number of aryl methyl sites for hydroxylation is 2. The summed E-state index contributed by atoms with van der Waals surface area (Å²) >= 11 is 0. The van der Waals surface area contributed by atoms with Crippen LogP contribution >= 0.6 is 0 Å². The number of likely N-dealkylation sites (tertiary alicyclic amines) is 1. The molecule has 1 aliphatic heterocycles. The molecule has 1 aromatic carbocycles. The first-order valence-corrected chi connectivity index (χ1v) is 9.52. The second-order valence-electron chi connectivity index (χ2n) is 7.29. The number of nitrogens with zero attached hydrogens (tertiary/aromatic N) is 3. The van der Waals surface area contributed by atoms with Gasteiger partial charge in [0.25, 0.3) is 0 Å². The molecule has 3 heterocycles. The second kappa shape index (κ2) is 7.36. The SMILES string of the molecule is Cn1ccnc1[C@@H]1CCCN(C(=O)CCCc2c[nH]c3ccccc23)C1. The van der Waals surface area contributed by atoms with Gasteiger partial charge in [0.15, 0.2) is 0 Å². The quantitative estimate of drug-likeness (QED) is 0.764. The number of nitrogens with one attached hydrogen (secondary N) is 1. The number of rotatable bonds is 5. The molecule has 3 aromatic rings. The van der Waals surface area contributed by atoms with Crippen LogP contribution in [0.5, 0.6) is 0 Å². The molecule has 5 nitrogen and oxygen atoms in total. The van der Waals surface area contributed by atoms with Crippen LogP contribution in [0.4, 0.5) is 0 Å². The predicted octanol–water partition coefficient (Wildman–Crippen LogP) is 3.63. The smallest absolute Gasteiger partial charge is 0.222 e. The molecule has 1 aliphatic rings. The van der Waals surface area contributed by atoms with E-state index in [2.05, 4.69) is 38.9 Å². The number of fused-ring (bicyclic) bond motifs is 1. The maximum Gasteiger partial charge on any atom is 0.222 e. The molecule has 1 atom stereocenters. The van der Waals surface area contributed by atoms with E-state index in [0.29, 0.717) is 12.3 Å². The molecule has 0 radical (unpaired) electrons. The molecular formula is C21H26N4O. The van der Waals surface area contributed by atoms with Crippen molar-refractivity contribution in [2.24, 2.45) is 7.05 Å². The summed E-state index contributed by atoms with van der Waals surface area (Å²) in [4.78, 5) is 22.5. The predicted molar refractivity (Wildman–Crippen MR) is 103 cm³/mol. The molecule has 136 valence electrons. The standard InChI is InChI=1S/C21H26N4O/c1-24-13-11-22-21(24)17-7-5-12-25(15-17)20(26)10-4-6-16-14-23-19-9-3-2-8-18(16)19/h2-3,8-9,11,13-14,17,23H,4-7,10,12,15H2,1H3/t17-/m1/s1. The van der Waals surface area contributed by atoms with Crippen LogP contribution in [0.3, 0.4) is 0 Å². The number of benzene rings is 1. The Morgan fingerprint density at radius 2 is 2.23 bits per heavy atom. The minimum absolute atomic E-state index is 0.281. The van der Waals surface area contributed by atoms with Crippen LogP contribution in [0.2, 0.25) is 0 Å². The van der Waals surface area contributed by atoms with Gasteiger partial charge < -0.3 is 14.5 Å². The van der Waals surface area contributed by atoms with E-state index in [4.69, 9.17) is 0 Å². The Labute approximate surface area is 154 Å². The molecule has 1 fully saturated rings. The van der Waals surface area contributed by atoms with E-state index in [1.165, 1.54) is 16.5 Å². The van der Waals surface area contributed by atoms with Crippen molar-refractivity contribution < 1.29 is 4.79 Å². The number of amides is 1. The van der Waals surface area contributed by atoms with Crippen molar-refractivity contribution in [2.45, 2.75) is 38.0 Å². The highest BCUT2D eigenvalue weighted by molar-refractivity contribution is 5.83. The molecule has 0 aliphatic carbocycles. The lowest BCUT2D eigenvalue weighted by Gasteiger charge is -2.32. The van der Waals surface area contributed by atoms with Gasteiger partial charge in [-0.2, -0.15) is 0 Å². The van der Waals surface area contributed by atoms with Crippen LogP contribution in [-0.2, 0) is 18.3 Å². The van der Waals surface area contributed by atoms with Gasteiger partial charge in [0.05, 0.1) is 0 Å². The topological polar surface area (TPSA) is 53.9 Å². The zero-order valence-electron chi connectivity index (χ0n) is 15.3. The highest BCUT2D eigenvalue weighted by Gasteiger charge is 2.26. The fourth-order valence-corrected chi connectivity index (χ4v) is 4.11. The van der Waals surface area contributed by atoms with E-state index in [1.807, 2.05) is 30.4 Å². The number of H-pyrrole nitrogens is 1. The van der Waals surface area contributed by atoms with Crippen molar-refractivity contribution in [3.05, 3.63) is 54.2 Å². The van der Waals surface area contributed by atoms with Crippen LogP contribution in [0.15, 0.2) is 42.9 Å². The third kappa shape index (κ3) is 3.39. The van der Waals surface area contributed by atoms with E-state index in [9.17, 15) is 4.79 Å². The summed E-state index contributed by atoms with van der Waals surface area (Å²) in [6.45, 7) is 1.68. The van der Waals surface area contributed by atoms with E-state index in [-0.39, 0.29) is 5.91 Å². The number of aromatic amines is 1. The summed E-state index contributed by atoms with van der Waals surface area (Å²) in [5.41, 5.74) is 2.47. The molecule has 1 saturated heterocycles. The summed E-state index contributed by atoms with van der Waals surface area (Å²) in [5.74, 6) is 1.74. The van der Waals surface area contributed by atoms with Gasteiger partial charge >= 0.3 is 0 Å². The first-order valence-electron chi connectivity index (χ1n) is 9.52. The Balaban J connectivity index is 1.32. The zero-order chi connectivity index (χ0) is 17.9. The fraction of sp³-hybridized carbons (Fsp3) is 0.429. The van der Waals surface area contributed by atoms with E-state index in [0.717, 1.165) is 44.6 Å². The molecular weight excluding hydrogens is 324 g/mol. The zero-order valence-corrected chi connectivity index (χ0v) is 15.3. The largest absolute Gasteiger partial charge is 0.361 e. The number of carbonyl (C=O) groups excluding carboxylic acids is 1. The fourth-order valence-electron chi connectivity index (χ4n) is 4.11. The molecule has 1 amide bonds. The Hall–Kier alpha value is -2.56. The minimum Gasteiger partial charge on any atom is -0.361 e. The van der Waals surface area contributed by atoms with Gasteiger partial charge in [-0.05, 0) is 37.3 Å². The maximum atomic E-state index is 12.7. The van der Waals surface area contributed by atoms with Gasteiger partial charge in [0.1, 0.15) is 5.82 Å². The van der Waals surface area contributed by atoms with Crippen molar-refractivity contribution in [2.75, 3.05) is 13.1 Å². The minimum atomic E-state index is 0.281. The van der Waals surface area contributed by atoms with E-state index >= 15 is 0 Å². The molecule has 2 aromatic heterocycles. The van der Waals surface area contributed by atoms with Gasteiger partial charge in [-0.3, -0.25) is 4.79 Å². The summed E-state index contributed by atoms with van der Waals surface area (Å²) in [7, 11) is 2.03. The average molecular weight is 350 g/mol. The molecule has 0 spiro atoms. The Morgan fingerprint density at radius 3 is 3.08 bits per heavy atom. The molecule has 26 heavy (non-hydrogen) atoms. The number of para-hydroxylation sites is 1. The Bertz CT molecular complexity index is 894. The van der Waals surface area contributed by atoms with Crippen LogP contribution in [-0.4, -0.2) is 38.4 Å². The molecule has 0 unspecified atom stereocenters. The molecule has 5 heteroatoms. The number of hydrogen-bond donors (Lipinski definition) is 1. The van der Waals surface area contributed by atoms with Gasteiger partial charge in [-0.15, -0.1) is 0 Å². The van der Waals surface area contributed by atoms with Crippen molar-refractivity contribution in [1.82, 2.24) is 19.4 Å². The maximum absolute atomic E-state index is 12.7. The number of hydrogen-bond acceptors (Lipinski definition) is 2. The molecule has 4 rings (SSSR count). The van der Waals surface area contributed by atoms with Crippen molar-refractivity contribution in [3.63, 3.8) is 0 Å². The van der Waals surface area contributed by atoms with Gasteiger partial charge in [-0.1, -0.05) is 18.2 Å². The first kappa shape index (κ1) is 16.9. The summed E-state index contributed by atoms with van der Waals surface area (Å²) in [5, 5.41) is 1.27. The lowest BCUT2D eigenvalue weighted by molar-refractivity contribution is -0.132. The van der Waals surface area contributed by atoms with Gasteiger partial charge in [0.2, 0.25) is 5.91 Å². The van der Waals surface area contributed by atoms with Crippen LogP contribution in [0.25, 0.3) is 10.9 Å². The highest BCUT2D eigenvalue weighted by Crippen LogP contribution is 2.26. The number of imidazole rings is 1. The van der Waals surface area contributed by atoms with Crippen molar-refractivity contribution in [1.29, 1.82) is 0 Å². The van der Waals surface area contributed by atoms with Crippen LogP contribution < -0.4 is 0 Å². The van der Waals surface area contributed by atoms with E-state index in [1.54, 1.807) is 0 Å². The third-order valence-corrected chi connectivity index (χ3v) is 5.51. The molecule has 0 saturated carbocycles. The van der Waals surface area contributed by atoms with Crippen molar-refractivity contribution >= 4 is 16.8 Å². The first-order chi connectivity index (χ1) is 12.7. The van der Waals surface area contributed by atoms with E-state index < -0.39 is 0 Å². The monoisotopic (exact) mass is 350 g/mol. The lowest BCUT2D eigenvalue weighted by atomic mass is 9.96. The van der Waals surface area contributed by atoms with Crippen molar-refractivity contribution in [3.8, 4) is 0 Å². The lowest BCUT2D eigenvalue weighted by Crippen LogP contribution is -2.39. The highest BCUT2D eigenvalue weighted by atomic mass is 16.2. The molecule has 1 N–H and O–H groups in total. The van der Waals surface area contributed by atoms with Crippen LogP contribution in [0, 0.1) is 0 Å². The number of piperidine rings is 1. The summed E-state index contributed by atoms with van der Waals surface area (Å²) in [6, 6.07) is 8.34. The van der Waals surface area contributed by atoms with Gasteiger partial charge in [0, 0.05) is 62.0 Å².